The van der Waals surface area contributed by atoms with E-state index in [-0.39, 0.29) is 17.7 Å². The van der Waals surface area contributed by atoms with E-state index in [9.17, 15) is 9.59 Å². The van der Waals surface area contributed by atoms with Crippen LogP contribution in [0, 0.1) is 12.8 Å². The SMILES string of the molecule is Cc1ccc(CN2C[C@H](C(=O)NN3CCOCC3)CC2=O)cc1. The summed E-state index contributed by atoms with van der Waals surface area (Å²) in [6.07, 6.45) is 0.294. The van der Waals surface area contributed by atoms with Gasteiger partial charge in [0.1, 0.15) is 0 Å². The Hall–Kier alpha value is -1.92. The third-order valence-corrected chi connectivity index (χ3v) is 4.36. The van der Waals surface area contributed by atoms with Crippen LogP contribution >= 0.6 is 0 Å². The van der Waals surface area contributed by atoms with Crippen molar-refractivity contribution in [3.05, 3.63) is 35.4 Å². The molecule has 6 heteroatoms. The van der Waals surface area contributed by atoms with E-state index < -0.39 is 0 Å². The average Bonchev–Trinajstić information content (AvgIpc) is 2.92. The highest BCUT2D eigenvalue weighted by Crippen LogP contribution is 2.20. The predicted molar refractivity (Wildman–Crippen MR) is 85.2 cm³/mol. The van der Waals surface area contributed by atoms with Crippen LogP contribution in [0.4, 0.5) is 0 Å². The summed E-state index contributed by atoms with van der Waals surface area (Å²) in [7, 11) is 0. The van der Waals surface area contributed by atoms with Gasteiger partial charge in [0.15, 0.2) is 0 Å². The van der Waals surface area contributed by atoms with Gasteiger partial charge in [-0.05, 0) is 12.5 Å². The van der Waals surface area contributed by atoms with Gasteiger partial charge < -0.3 is 9.64 Å². The zero-order valence-electron chi connectivity index (χ0n) is 13.5. The Kier molecular flexibility index (Phi) is 4.93. The summed E-state index contributed by atoms with van der Waals surface area (Å²) >= 11 is 0. The quantitative estimate of drug-likeness (QED) is 0.888. The molecule has 0 spiro atoms. The number of carbonyl (C=O) groups excluding carboxylic acids is 2. The Morgan fingerprint density at radius 1 is 1.26 bits per heavy atom. The second kappa shape index (κ2) is 7.10. The lowest BCUT2D eigenvalue weighted by Crippen LogP contribution is -2.50. The zero-order valence-corrected chi connectivity index (χ0v) is 13.5. The number of hydrogen-bond acceptors (Lipinski definition) is 4. The number of rotatable bonds is 4. The molecule has 1 aromatic rings. The number of nitrogens with zero attached hydrogens (tertiary/aromatic N) is 2. The Labute approximate surface area is 136 Å². The molecule has 0 aliphatic carbocycles. The van der Waals surface area contributed by atoms with Crippen LogP contribution in [0.1, 0.15) is 17.5 Å². The van der Waals surface area contributed by atoms with Crippen LogP contribution in [-0.2, 0) is 20.9 Å². The van der Waals surface area contributed by atoms with Gasteiger partial charge in [0.05, 0.1) is 19.1 Å². The Morgan fingerprint density at radius 2 is 1.96 bits per heavy atom. The average molecular weight is 317 g/mol. The maximum Gasteiger partial charge on any atom is 0.239 e. The Morgan fingerprint density at radius 3 is 2.65 bits per heavy atom. The molecule has 23 heavy (non-hydrogen) atoms. The fraction of sp³-hybridized carbons (Fsp3) is 0.529. The van der Waals surface area contributed by atoms with E-state index >= 15 is 0 Å². The summed E-state index contributed by atoms with van der Waals surface area (Å²) < 4.78 is 5.26. The number of likely N-dealkylation sites (tertiary alicyclic amines) is 1. The van der Waals surface area contributed by atoms with Gasteiger partial charge >= 0.3 is 0 Å². The smallest absolute Gasteiger partial charge is 0.239 e. The van der Waals surface area contributed by atoms with Gasteiger partial charge in [0.2, 0.25) is 11.8 Å². The van der Waals surface area contributed by atoms with Gasteiger partial charge in [0.25, 0.3) is 0 Å². The third kappa shape index (κ3) is 4.09. The number of amides is 2. The molecule has 0 bridgehead atoms. The maximum atomic E-state index is 12.3. The summed E-state index contributed by atoms with van der Waals surface area (Å²) in [6, 6.07) is 8.14. The molecule has 2 aliphatic rings. The molecule has 2 heterocycles. The molecule has 1 aromatic carbocycles. The van der Waals surface area contributed by atoms with Crippen LogP contribution in [0.15, 0.2) is 24.3 Å². The summed E-state index contributed by atoms with van der Waals surface area (Å²) in [6.45, 7) is 5.74. The van der Waals surface area contributed by atoms with E-state index in [1.54, 1.807) is 4.90 Å². The summed E-state index contributed by atoms with van der Waals surface area (Å²) in [5.41, 5.74) is 5.20. The van der Waals surface area contributed by atoms with Crippen LogP contribution < -0.4 is 5.43 Å². The summed E-state index contributed by atoms with van der Waals surface area (Å²) in [5, 5.41) is 1.87. The van der Waals surface area contributed by atoms with Crippen molar-refractivity contribution in [3.63, 3.8) is 0 Å². The van der Waals surface area contributed by atoms with Crippen LogP contribution in [-0.4, -0.2) is 54.6 Å². The van der Waals surface area contributed by atoms with Crippen molar-refractivity contribution in [1.29, 1.82) is 0 Å². The molecule has 2 saturated heterocycles. The van der Waals surface area contributed by atoms with Crippen molar-refractivity contribution in [1.82, 2.24) is 15.3 Å². The van der Waals surface area contributed by atoms with Crippen LogP contribution in [0.2, 0.25) is 0 Å². The first-order valence-corrected chi connectivity index (χ1v) is 8.08. The molecule has 1 N–H and O–H groups in total. The lowest BCUT2D eigenvalue weighted by molar-refractivity contribution is -0.132. The maximum absolute atomic E-state index is 12.3. The monoisotopic (exact) mass is 317 g/mol. The van der Waals surface area contributed by atoms with E-state index in [1.165, 1.54) is 5.56 Å². The van der Waals surface area contributed by atoms with Gasteiger partial charge in [-0.3, -0.25) is 15.0 Å². The van der Waals surface area contributed by atoms with E-state index in [1.807, 2.05) is 36.2 Å². The van der Waals surface area contributed by atoms with E-state index in [0.717, 1.165) is 5.56 Å². The third-order valence-electron chi connectivity index (χ3n) is 4.36. The number of ether oxygens (including phenoxy) is 1. The molecule has 0 aromatic heterocycles. The van der Waals surface area contributed by atoms with E-state index in [0.29, 0.717) is 45.8 Å². The Balaban J connectivity index is 1.54. The topological polar surface area (TPSA) is 61.9 Å². The number of hydrogen-bond donors (Lipinski definition) is 1. The van der Waals surface area contributed by atoms with E-state index in [4.69, 9.17) is 4.74 Å². The summed E-state index contributed by atoms with van der Waals surface area (Å²) in [5.74, 6) is -0.282. The molecule has 6 nitrogen and oxygen atoms in total. The molecule has 2 amide bonds. The van der Waals surface area contributed by atoms with Crippen molar-refractivity contribution in [2.24, 2.45) is 5.92 Å². The molecule has 2 aliphatic heterocycles. The number of morpholine rings is 1. The van der Waals surface area contributed by atoms with Crippen LogP contribution in [0.25, 0.3) is 0 Å². The fourth-order valence-electron chi connectivity index (χ4n) is 2.94. The molecule has 0 saturated carbocycles. The molecule has 2 fully saturated rings. The van der Waals surface area contributed by atoms with Gasteiger partial charge in [-0.15, -0.1) is 0 Å². The lowest BCUT2D eigenvalue weighted by Gasteiger charge is -2.28. The number of benzene rings is 1. The zero-order chi connectivity index (χ0) is 16.2. The first kappa shape index (κ1) is 16.0. The van der Waals surface area contributed by atoms with Crippen molar-refractivity contribution in [3.8, 4) is 0 Å². The van der Waals surface area contributed by atoms with Gasteiger partial charge in [0, 0.05) is 32.6 Å². The second-order valence-electron chi connectivity index (χ2n) is 6.24. The highest BCUT2D eigenvalue weighted by atomic mass is 16.5. The number of nitrogens with one attached hydrogen (secondary N) is 1. The second-order valence-corrected chi connectivity index (χ2v) is 6.24. The number of aryl methyl sites for hydroxylation is 1. The highest BCUT2D eigenvalue weighted by molar-refractivity contribution is 5.89. The molecule has 1 atom stereocenters. The summed E-state index contributed by atoms with van der Waals surface area (Å²) in [4.78, 5) is 26.3. The van der Waals surface area contributed by atoms with E-state index in [2.05, 4.69) is 5.43 Å². The van der Waals surface area contributed by atoms with Crippen LogP contribution in [0.5, 0.6) is 0 Å². The molecule has 0 unspecified atom stereocenters. The lowest BCUT2D eigenvalue weighted by atomic mass is 10.1. The predicted octanol–water partition coefficient (Wildman–Crippen LogP) is 0.707. The minimum Gasteiger partial charge on any atom is -0.379 e. The minimum absolute atomic E-state index is 0.0488. The van der Waals surface area contributed by atoms with Gasteiger partial charge in [-0.2, -0.15) is 0 Å². The number of hydrazine groups is 1. The standard InChI is InChI=1S/C17H23N3O3/c1-13-2-4-14(5-3-13)11-19-12-15(10-16(19)21)17(22)18-20-6-8-23-9-7-20/h2-5,15H,6-12H2,1H3,(H,18,22)/t15-/m1/s1. The van der Waals surface area contributed by atoms with Crippen molar-refractivity contribution in [2.75, 3.05) is 32.8 Å². The van der Waals surface area contributed by atoms with Crippen molar-refractivity contribution >= 4 is 11.8 Å². The Bertz CT molecular complexity index is 567. The fourth-order valence-corrected chi connectivity index (χ4v) is 2.94. The highest BCUT2D eigenvalue weighted by Gasteiger charge is 2.34. The van der Waals surface area contributed by atoms with Gasteiger partial charge in [-0.25, -0.2) is 5.01 Å². The first-order chi connectivity index (χ1) is 11.1. The molecular weight excluding hydrogens is 294 g/mol. The number of carbonyl (C=O) groups is 2. The molecule has 0 radical (unpaired) electrons. The van der Waals surface area contributed by atoms with Crippen LogP contribution in [0.3, 0.4) is 0 Å². The largest absolute Gasteiger partial charge is 0.379 e. The molecule has 3 rings (SSSR count). The van der Waals surface area contributed by atoms with Crippen molar-refractivity contribution in [2.45, 2.75) is 19.9 Å². The molecule has 124 valence electrons. The normalized spacial score (nSPS) is 22.4. The minimum atomic E-state index is -0.268. The first-order valence-electron chi connectivity index (χ1n) is 8.08. The van der Waals surface area contributed by atoms with Gasteiger partial charge in [-0.1, -0.05) is 29.8 Å². The van der Waals surface area contributed by atoms with Crippen molar-refractivity contribution < 1.29 is 14.3 Å². The molecular formula is C17H23N3O3.